The summed E-state index contributed by atoms with van der Waals surface area (Å²) >= 11 is 12.8. The lowest BCUT2D eigenvalue weighted by molar-refractivity contribution is -0.119. The Morgan fingerprint density at radius 2 is 1.91 bits per heavy atom. The van der Waals surface area contributed by atoms with E-state index in [4.69, 9.17) is 32.9 Å². The van der Waals surface area contributed by atoms with Crippen LogP contribution in [0, 0.1) is 0 Å². The van der Waals surface area contributed by atoms with E-state index in [1.807, 2.05) is 42.5 Å². The maximum absolute atomic E-state index is 13.4. The van der Waals surface area contributed by atoms with Crippen LogP contribution < -0.4 is 10.4 Å². The van der Waals surface area contributed by atoms with Gasteiger partial charge in [-0.15, -0.1) is 0 Å². The Labute approximate surface area is 205 Å². The Balaban J connectivity index is 1.73. The molecule has 1 aliphatic heterocycles. The largest absolute Gasteiger partial charge is 0.496 e. The van der Waals surface area contributed by atoms with E-state index in [0.717, 1.165) is 33.3 Å². The summed E-state index contributed by atoms with van der Waals surface area (Å²) < 4.78 is 7.13. The second-order valence-electron chi connectivity index (χ2n) is 8.29. The summed E-state index contributed by atoms with van der Waals surface area (Å²) in [6, 6.07) is 16.0. The van der Waals surface area contributed by atoms with Gasteiger partial charge in [0.1, 0.15) is 11.8 Å². The van der Waals surface area contributed by atoms with Gasteiger partial charge in [0.15, 0.2) is 5.78 Å². The number of halogens is 2. The first kappa shape index (κ1) is 22.4. The van der Waals surface area contributed by atoms with Crippen molar-refractivity contribution in [1.82, 2.24) is 9.55 Å². The molecule has 1 unspecified atom stereocenters. The highest BCUT2D eigenvalue weighted by Crippen LogP contribution is 2.33. The van der Waals surface area contributed by atoms with Crippen molar-refractivity contribution < 1.29 is 9.53 Å². The molecule has 5 rings (SSSR count). The number of aromatic nitrogens is 2. The molecule has 8 heteroatoms. The van der Waals surface area contributed by atoms with Crippen molar-refractivity contribution in [3.8, 4) is 5.75 Å². The van der Waals surface area contributed by atoms with Gasteiger partial charge in [-0.05, 0) is 35.9 Å². The number of aromatic amines is 1. The molecule has 2 heterocycles. The Hall–Kier alpha value is -3.35. The number of carbonyl (C=O) groups is 1. The fraction of sp³-hybridized carbons (Fsp3) is 0.192. The van der Waals surface area contributed by atoms with E-state index in [1.54, 1.807) is 30.9 Å². The maximum atomic E-state index is 13.4. The van der Waals surface area contributed by atoms with Gasteiger partial charge >= 0.3 is 5.69 Å². The van der Waals surface area contributed by atoms with Crippen molar-refractivity contribution >= 4 is 45.7 Å². The number of H-pyrrole nitrogens is 1. The predicted octanol–water partition coefficient (Wildman–Crippen LogP) is 4.76. The molecule has 0 amide bonds. The zero-order valence-corrected chi connectivity index (χ0v) is 20.1. The number of carbonyl (C=O) groups excluding carboxylic acids is 1. The normalized spacial score (nSPS) is 15.7. The monoisotopic (exact) mass is 493 g/mol. The number of methoxy groups -OCH3 is 1. The zero-order chi connectivity index (χ0) is 24.0. The summed E-state index contributed by atoms with van der Waals surface area (Å²) in [7, 11) is 3.26. The van der Waals surface area contributed by atoms with E-state index >= 15 is 0 Å². The van der Waals surface area contributed by atoms with Crippen LogP contribution in [0.3, 0.4) is 0 Å². The Morgan fingerprint density at radius 3 is 2.68 bits per heavy atom. The van der Waals surface area contributed by atoms with Gasteiger partial charge in [-0.1, -0.05) is 47.5 Å². The molecule has 1 atom stereocenters. The van der Waals surface area contributed by atoms with E-state index in [2.05, 4.69) is 4.98 Å². The number of hydrogen-bond acceptors (Lipinski definition) is 4. The van der Waals surface area contributed by atoms with Gasteiger partial charge in [-0.2, -0.15) is 0 Å². The number of ether oxygens (including phenoxy) is 1. The predicted molar refractivity (Wildman–Crippen MR) is 135 cm³/mol. The summed E-state index contributed by atoms with van der Waals surface area (Å²) in [6.45, 7) is 0. The highest BCUT2D eigenvalue weighted by molar-refractivity contribution is 6.32. The van der Waals surface area contributed by atoms with Gasteiger partial charge in [-0.3, -0.25) is 14.4 Å². The van der Waals surface area contributed by atoms with Gasteiger partial charge in [0.2, 0.25) is 0 Å². The first-order chi connectivity index (χ1) is 16.4. The van der Waals surface area contributed by atoms with E-state index in [0.29, 0.717) is 27.9 Å². The third kappa shape index (κ3) is 3.93. The number of imidazole rings is 1. The number of nitrogens with zero attached hydrogens (tertiary/aromatic N) is 2. The summed E-state index contributed by atoms with van der Waals surface area (Å²) in [6.07, 6.45) is 0.527. The molecule has 6 nitrogen and oxygen atoms in total. The van der Waals surface area contributed by atoms with Gasteiger partial charge in [0.05, 0.1) is 23.9 Å². The molecule has 0 fully saturated rings. The lowest BCUT2D eigenvalue weighted by Crippen LogP contribution is -2.23. The third-order valence-electron chi connectivity index (χ3n) is 6.21. The van der Waals surface area contributed by atoms with Crippen LogP contribution in [0.2, 0.25) is 10.0 Å². The fourth-order valence-electron chi connectivity index (χ4n) is 4.41. The van der Waals surface area contributed by atoms with Crippen LogP contribution in [-0.2, 0) is 24.7 Å². The number of benzene rings is 3. The van der Waals surface area contributed by atoms with Crippen LogP contribution in [0.15, 0.2) is 64.4 Å². The average Bonchev–Trinajstić information content (AvgIpc) is 3.03. The van der Waals surface area contributed by atoms with Crippen molar-refractivity contribution in [3.63, 3.8) is 0 Å². The van der Waals surface area contributed by atoms with E-state index in [1.165, 1.54) is 0 Å². The number of fused-ring (bicyclic) bond motifs is 2. The number of Topliss-reactive ketones (excluding diaryl/α,β-unsaturated/α-hetero) is 1. The van der Waals surface area contributed by atoms with Crippen molar-refractivity contribution in [2.75, 3.05) is 7.11 Å². The minimum atomic E-state index is -0.642. The van der Waals surface area contributed by atoms with Gasteiger partial charge in [0.25, 0.3) is 0 Å². The SMILES string of the molecule is COc1cc(Cl)cc2c1CC(=O)C(Cc1ccccc1Cl)N=C2c1ccc2[nH]c(=O)n(C)c2c1. The van der Waals surface area contributed by atoms with Crippen molar-refractivity contribution in [2.24, 2.45) is 12.0 Å². The van der Waals surface area contributed by atoms with Crippen molar-refractivity contribution in [2.45, 2.75) is 18.9 Å². The zero-order valence-electron chi connectivity index (χ0n) is 18.6. The van der Waals surface area contributed by atoms with Crippen LogP contribution in [0.5, 0.6) is 5.75 Å². The molecule has 1 aromatic heterocycles. The van der Waals surface area contributed by atoms with Crippen LogP contribution in [0.1, 0.15) is 22.3 Å². The lowest BCUT2D eigenvalue weighted by Gasteiger charge is -2.14. The second-order valence-corrected chi connectivity index (χ2v) is 9.13. The lowest BCUT2D eigenvalue weighted by atomic mass is 9.94. The molecule has 0 aliphatic carbocycles. The van der Waals surface area contributed by atoms with Gasteiger partial charge in [0, 0.05) is 46.6 Å². The Kier molecular flexibility index (Phi) is 5.80. The van der Waals surface area contributed by atoms with E-state index in [-0.39, 0.29) is 17.9 Å². The van der Waals surface area contributed by atoms with Crippen LogP contribution >= 0.6 is 23.2 Å². The number of ketones is 1. The van der Waals surface area contributed by atoms with E-state index < -0.39 is 6.04 Å². The molecule has 4 aromatic rings. The number of aryl methyl sites for hydroxylation is 1. The first-order valence-electron chi connectivity index (χ1n) is 10.8. The van der Waals surface area contributed by atoms with Crippen LogP contribution in [0.4, 0.5) is 0 Å². The molecular weight excluding hydrogens is 473 g/mol. The molecule has 0 saturated heterocycles. The summed E-state index contributed by atoms with van der Waals surface area (Å²) in [5, 5.41) is 1.08. The van der Waals surface area contributed by atoms with Crippen molar-refractivity contribution in [3.05, 3.63) is 97.4 Å². The minimum absolute atomic E-state index is 0.0353. The smallest absolute Gasteiger partial charge is 0.326 e. The van der Waals surface area contributed by atoms with Crippen molar-refractivity contribution in [1.29, 1.82) is 0 Å². The summed E-state index contributed by atoms with van der Waals surface area (Å²) in [5.41, 5.74) is 4.97. The number of rotatable bonds is 4. The molecule has 172 valence electrons. The molecular formula is C26H21Cl2N3O3. The molecule has 1 aliphatic rings. The Bertz CT molecular complexity index is 1530. The van der Waals surface area contributed by atoms with Gasteiger partial charge in [-0.25, -0.2) is 4.79 Å². The molecule has 34 heavy (non-hydrogen) atoms. The highest BCUT2D eigenvalue weighted by Gasteiger charge is 2.29. The van der Waals surface area contributed by atoms with Crippen LogP contribution in [-0.4, -0.2) is 34.2 Å². The number of aliphatic imine (C=N–C) groups is 1. The summed E-state index contributed by atoms with van der Waals surface area (Å²) in [5.74, 6) is 0.504. The number of hydrogen-bond donors (Lipinski definition) is 1. The van der Waals surface area contributed by atoms with Gasteiger partial charge < -0.3 is 9.72 Å². The molecule has 0 radical (unpaired) electrons. The Morgan fingerprint density at radius 1 is 1.12 bits per heavy atom. The summed E-state index contributed by atoms with van der Waals surface area (Å²) in [4.78, 5) is 33.3. The standard InChI is InChI=1S/C26H21Cl2N3O3/c1-31-22-10-15(7-8-20(22)30-26(31)33)25-18-11-16(27)12-24(34-2)17(18)13-23(32)21(29-25)9-14-5-3-4-6-19(14)28/h3-8,10-12,21H,9,13H2,1-2H3,(H,30,33). The average molecular weight is 494 g/mol. The molecule has 0 bridgehead atoms. The molecule has 0 saturated carbocycles. The quantitative estimate of drug-likeness (QED) is 0.445. The first-order valence-corrected chi connectivity index (χ1v) is 11.5. The molecule has 3 aromatic carbocycles. The fourth-order valence-corrected chi connectivity index (χ4v) is 4.83. The molecule has 0 spiro atoms. The highest BCUT2D eigenvalue weighted by atomic mass is 35.5. The topological polar surface area (TPSA) is 76.4 Å². The minimum Gasteiger partial charge on any atom is -0.496 e. The number of nitrogens with one attached hydrogen (secondary N) is 1. The van der Waals surface area contributed by atoms with Crippen LogP contribution in [0.25, 0.3) is 11.0 Å². The second kappa shape index (κ2) is 8.78. The maximum Gasteiger partial charge on any atom is 0.326 e. The van der Waals surface area contributed by atoms with E-state index in [9.17, 15) is 9.59 Å². The molecule has 1 N–H and O–H groups in total. The third-order valence-corrected chi connectivity index (χ3v) is 6.79.